The van der Waals surface area contributed by atoms with Gasteiger partial charge in [0.2, 0.25) is 0 Å². The molecular formula is C12H11FO. The van der Waals surface area contributed by atoms with Crippen molar-refractivity contribution in [2.45, 2.75) is 6.17 Å². The quantitative estimate of drug-likeness (QED) is 0.651. The van der Waals surface area contributed by atoms with E-state index < -0.39 is 6.17 Å². The van der Waals surface area contributed by atoms with Crippen LogP contribution in [0.25, 0.3) is 5.57 Å². The van der Waals surface area contributed by atoms with Gasteiger partial charge in [-0.1, -0.05) is 30.9 Å². The Balaban J connectivity index is 2.45. The number of hydrogen-bond donors (Lipinski definition) is 0. The van der Waals surface area contributed by atoms with E-state index in [4.69, 9.17) is 4.74 Å². The molecule has 0 radical (unpaired) electrons. The molecule has 0 aromatic heterocycles. The molecule has 0 saturated carbocycles. The number of alkyl halides is 1. The van der Waals surface area contributed by atoms with Gasteiger partial charge < -0.3 is 4.74 Å². The molecule has 1 nitrogen and oxygen atoms in total. The summed E-state index contributed by atoms with van der Waals surface area (Å²) in [6.45, 7) is 3.88. The number of hydrogen-bond acceptors (Lipinski definition) is 1. The Hall–Kier alpha value is -1.57. The van der Waals surface area contributed by atoms with Crippen LogP contribution in [0, 0.1) is 0 Å². The van der Waals surface area contributed by atoms with Crippen molar-refractivity contribution in [2.24, 2.45) is 0 Å². The van der Waals surface area contributed by atoms with Gasteiger partial charge in [0.05, 0.1) is 0 Å². The minimum absolute atomic E-state index is 0.431. The highest BCUT2D eigenvalue weighted by molar-refractivity contribution is 5.75. The minimum Gasteiger partial charge on any atom is -0.489 e. The molecule has 0 bridgehead atoms. The first-order valence-electron chi connectivity index (χ1n) is 4.52. The van der Waals surface area contributed by atoms with Crippen LogP contribution in [0.1, 0.15) is 5.56 Å². The first kappa shape index (κ1) is 9.00. The smallest absolute Gasteiger partial charge is 0.144 e. The van der Waals surface area contributed by atoms with Crippen LogP contribution in [0.5, 0.6) is 5.75 Å². The van der Waals surface area contributed by atoms with E-state index in [0.29, 0.717) is 12.2 Å². The Morgan fingerprint density at radius 2 is 2.21 bits per heavy atom. The number of allylic oxidation sites excluding steroid dienone is 2. The van der Waals surface area contributed by atoms with Crippen LogP contribution in [0.15, 0.2) is 43.0 Å². The molecule has 0 spiro atoms. The Labute approximate surface area is 82.5 Å². The molecule has 0 saturated heterocycles. The van der Waals surface area contributed by atoms with Crippen molar-refractivity contribution >= 4 is 5.57 Å². The number of halogens is 1. The van der Waals surface area contributed by atoms with Crippen molar-refractivity contribution in [3.8, 4) is 5.75 Å². The zero-order chi connectivity index (χ0) is 9.97. The van der Waals surface area contributed by atoms with Crippen LogP contribution in [-0.4, -0.2) is 12.8 Å². The van der Waals surface area contributed by atoms with Crippen LogP contribution < -0.4 is 4.74 Å². The fraction of sp³-hybridized carbons (Fsp3) is 0.167. The lowest BCUT2D eigenvalue weighted by Crippen LogP contribution is -2.09. The summed E-state index contributed by atoms with van der Waals surface area (Å²) in [6.07, 6.45) is 1.95. The maximum Gasteiger partial charge on any atom is 0.144 e. The van der Waals surface area contributed by atoms with Gasteiger partial charge in [-0.3, -0.25) is 0 Å². The average molecular weight is 190 g/mol. The lowest BCUT2D eigenvalue weighted by Gasteiger charge is -2.19. The summed E-state index contributed by atoms with van der Waals surface area (Å²) in [7, 11) is 0. The molecule has 1 aromatic carbocycles. The summed E-state index contributed by atoms with van der Waals surface area (Å²) in [4.78, 5) is 0. The summed E-state index contributed by atoms with van der Waals surface area (Å²) in [5.41, 5.74) is 1.48. The number of para-hydroxylation sites is 1. The Bertz CT molecular complexity index is 382. The van der Waals surface area contributed by atoms with Crippen molar-refractivity contribution in [3.63, 3.8) is 0 Å². The second-order valence-electron chi connectivity index (χ2n) is 3.10. The van der Waals surface area contributed by atoms with Crippen LogP contribution in [-0.2, 0) is 0 Å². The Morgan fingerprint density at radius 3 is 3.00 bits per heavy atom. The number of benzene rings is 1. The SMILES string of the molecule is C=CC(F)C1=CCOc2ccccc21. The molecule has 1 aromatic rings. The van der Waals surface area contributed by atoms with Crippen molar-refractivity contribution in [3.05, 3.63) is 48.6 Å². The summed E-state index contributed by atoms with van der Waals surface area (Å²) in [5.74, 6) is 0.745. The van der Waals surface area contributed by atoms with Crippen LogP contribution in [0.4, 0.5) is 4.39 Å². The van der Waals surface area contributed by atoms with Gasteiger partial charge in [-0.25, -0.2) is 4.39 Å². The fourth-order valence-corrected chi connectivity index (χ4v) is 1.55. The molecule has 1 aliphatic rings. The van der Waals surface area contributed by atoms with Gasteiger partial charge in [-0.2, -0.15) is 0 Å². The normalized spacial score (nSPS) is 16.2. The topological polar surface area (TPSA) is 9.23 Å². The van der Waals surface area contributed by atoms with E-state index >= 15 is 0 Å². The lowest BCUT2D eigenvalue weighted by molar-refractivity contribution is 0.353. The number of ether oxygens (including phenoxy) is 1. The van der Waals surface area contributed by atoms with E-state index in [2.05, 4.69) is 6.58 Å². The molecule has 1 unspecified atom stereocenters. The molecule has 0 fully saturated rings. The highest BCUT2D eigenvalue weighted by Gasteiger charge is 2.18. The third-order valence-electron chi connectivity index (χ3n) is 2.24. The van der Waals surface area contributed by atoms with E-state index in [0.717, 1.165) is 11.3 Å². The second kappa shape index (κ2) is 3.66. The molecular weight excluding hydrogens is 179 g/mol. The van der Waals surface area contributed by atoms with Gasteiger partial charge in [-0.15, -0.1) is 0 Å². The van der Waals surface area contributed by atoms with Gasteiger partial charge >= 0.3 is 0 Å². The molecule has 0 amide bonds. The third-order valence-corrected chi connectivity index (χ3v) is 2.24. The predicted molar refractivity (Wildman–Crippen MR) is 55.0 cm³/mol. The molecule has 72 valence electrons. The van der Waals surface area contributed by atoms with Crippen molar-refractivity contribution in [1.82, 2.24) is 0 Å². The number of fused-ring (bicyclic) bond motifs is 1. The van der Waals surface area contributed by atoms with Gasteiger partial charge in [0.15, 0.2) is 0 Å². The molecule has 1 aliphatic heterocycles. The predicted octanol–water partition coefficient (Wildman–Crippen LogP) is 2.99. The van der Waals surface area contributed by atoms with E-state index in [9.17, 15) is 4.39 Å². The monoisotopic (exact) mass is 190 g/mol. The van der Waals surface area contributed by atoms with Crippen LogP contribution in [0.3, 0.4) is 0 Å². The molecule has 14 heavy (non-hydrogen) atoms. The zero-order valence-electron chi connectivity index (χ0n) is 7.74. The van der Waals surface area contributed by atoms with Crippen molar-refractivity contribution < 1.29 is 9.13 Å². The van der Waals surface area contributed by atoms with E-state index in [-0.39, 0.29) is 0 Å². The highest BCUT2D eigenvalue weighted by Crippen LogP contribution is 2.32. The Morgan fingerprint density at radius 1 is 1.43 bits per heavy atom. The largest absolute Gasteiger partial charge is 0.489 e. The summed E-state index contributed by atoms with van der Waals surface area (Å²) >= 11 is 0. The first-order valence-corrected chi connectivity index (χ1v) is 4.52. The molecule has 2 rings (SSSR count). The van der Waals surface area contributed by atoms with Gasteiger partial charge in [0, 0.05) is 11.1 Å². The van der Waals surface area contributed by atoms with Crippen molar-refractivity contribution in [1.29, 1.82) is 0 Å². The summed E-state index contributed by atoms with van der Waals surface area (Å²) < 4.78 is 18.8. The molecule has 0 N–H and O–H groups in total. The second-order valence-corrected chi connectivity index (χ2v) is 3.10. The van der Waals surface area contributed by atoms with E-state index in [1.165, 1.54) is 6.08 Å². The molecule has 1 heterocycles. The third kappa shape index (κ3) is 1.43. The highest BCUT2D eigenvalue weighted by atomic mass is 19.1. The maximum absolute atomic E-state index is 13.5. The van der Waals surface area contributed by atoms with E-state index in [1.807, 2.05) is 24.3 Å². The first-order chi connectivity index (χ1) is 6.83. The van der Waals surface area contributed by atoms with Gasteiger partial charge in [0.25, 0.3) is 0 Å². The molecule has 1 atom stereocenters. The van der Waals surface area contributed by atoms with E-state index in [1.54, 1.807) is 6.08 Å². The Kier molecular flexibility index (Phi) is 2.35. The van der Waals surface area contributed by atoms with Crippen LogP contribution >= 0.6 is 0 Å². The summed E-state index contributed by atoms with van der Waals surface area (Å²) in [5, 5.41) is 0. The standard InChI is InChI=1S/C12H11FO/c1-2-11(13)9-7-8-14-12-6-4-3-5-10(9)12/h2-7,11H,1,8H2. The summed E-state index contributed by atoms with van der Waals surface area (Å²) in [6, 6.07) is 7.45. The van der Waals surface area contributed by atoms with Crippen molar-refractivity contribution in [2.75, 3.05) is 6.61 Å². The number of rotatable bonds is 2. The fourth-order valence-electron chi connectivity index (χ4n) is 1.55. The zero-order valence-corrected chi connectivity index (χ0v) is 7.74. The molecule has 2 heteroatoms. The lowest BCUT2D eigenvalue weighted by atomic mass is 9.98. The van der Waals surface area contributed by atoms with Gasteiger partial charge in [-0.05, 0) is 12.1 Å². The van der Waals surface area contributed by atoms with Gasteiger partial charge in [0.1, 0.15) is 18.5 Å². The minimum atomic E-state index is -1.11. The van der Waals surface area contributed by atoms with Crippen LogP contribution in [0.2, 0.25) is 0 Å². The molecule has 0 aliphatic carbocycles. The average Bonchev–Trinajstić information content (AvgIpc) is 2.27. The maximum atomic E-state index is 13.5.